The maximum atomic E-state index is 12.4. The number of morpholine rings is 1. The zero-order valence-electron chi connectivity index (χ0n) is 17.7. The lowest BCUT2D eigenvalue weighted by atomic mass is 10.1. The standard InChI is InChI=1S/C22H26N6O3/c1-16(23-25-22(29)15-28-20-6-4-3-5-19(20)24-26-28)17-7-8-21(30-2)18(13-17)14-27-9-11-31-12-10-27/h3-8,13H,9-12,14-15H2,1-2H3,(H,25,29)/b23-16-. The topological polar surface area (TPSA) is 93.9 Å². The highest BCUT2D eigenvalue weighted by atomic mass is 16.5. The predicted molar refractivity (Wildman–Crippen MR) is 117 cm³/mol. The summed E-state index contributed by atoms with van der Waals surface area (Å²) in [5.41, 5.74) is 6.89. The highest BCUT2D eigenvalue weighted by Gasteiger charge is 2.15. The third-order valence-corrected chi connectivity index (χ3v) is 5.26. The van der Waals surface area contributed by atoms with Crippen LogP contribution >= 0.6 is 0 Å². The van der Waals surface area contributed by atoms with Crippen LogP contribution in [0.2, 0.25) is 0 Å². The molecule has 0 saturated carbocycles. The Hall–Kier alpha value is -3.30. The maximum Gasteiger partial charge on any atom is 0.261 e. The van der Waals surface area contributed by atoms with E-state index >= 15 is 0 Å². The molecule has 0 aliphatic carbocycles. The molecule has 1 saturated heterocycles. The van der Waals surface area contributed by atoms with Crippen molar-refractivity contribution in [2.45, 2.75) is 20.0 Å². The van der Waals surface area contributed by atoms with Crippen molar-refractivity contribution in [2.24, 2.45) is 5.10 Å². The van der Waals surface area contributed by atoms with Crippen LogP contribution in [0.1, 0.15) is 18.1 Å². The zero-order chi connectivity index (χ0) is 21.6. The van der Waals surface area contributed by atoms with E-state index in [1.54, 1.807) is 11.8 Å². The van der Waals surface area contributed by atoms with Gasteiger partial charge in [0.25, 0.3) is 5.91 Å². The van der Waals surface area contributed by atoms with Crippen molar-refractivity contribution in [3.8, 4) is 5.75 Å². The van der Waals surface area contributed by atoms with Crippen molar-refractivity contribution >= 4 is 22.7 Å². The van der Waals surface area contributed by atoms with Crippen LogP contribution in [0.4, 0.5) is 0 Å². The van der Waals surface area contributed by atoms with Crippen LogP contribution in [0, 0.1) is 0 Å². The van der Waals surface area contributed by atoms with E-state index in [1.165, 1.54) is 0 Å². The van der Waals surface area contributed by atoms with E-state index in [-0.39, 0.29) is 12.5 Å². The maximum absolute atomic E-state index is 12.4. The lowest BCUT2D eigenvalue weighted by Gasteiger charge is -2.27. The highest BCUT2D eigenvalue weighted by Crippen LogP contribution is 2.22. The fourth-order valence-electron chi connectivity index (χ4n) is 3.54. The van der Waals surface area contributed by atoms with Gasteiger partial charge in [0.2, 0.25) is 0 Å². The number of rotatable bonds is 7. The Balaban J connectivity index is 1.43. The van der Waals surface area contributed by atoms with Gasteiger partial charge in [-0.15, -0.1) is 5.10 Å². The number of hydrogen-bond donors (Lipinski definition) is 1. The lowest BCUT2D eigenvalue weighted by molar-refractivity contribution is -0.121. The summed E-state index contributed by atoms with van der Waals surface area (Å²) in [6.07, 6.45) is 0. The summed E-state index contributed by atoms with van der Waals surface area (Å²) in [6, 6.07) is 13.5. The molecule has 3 aromatic rings. The molecule has 9 heteroatoms. The Morgan fingerprint density at radius 2 is 2.03 bits per heavy atom. The molecule has 1 N–H and O–H groups in total. The van der Waals surface area contributed by atoms with Crippen molar-refractivity contribution in [2.75, 3.05) is 33.4 Å². The van der Waals surface area contributed by atoms with Gasteiger partial charge in [-0.3, -0.25) is 9.69 Å². The molecule has 0 bridgehead atoms. The van der Waals surface area contributed by atoms with E-state index in [9.17, 15) is 4.79 Å². The number of para-hydroxylation sites is 1. The minimum atomic E-state index is -0.267. The molecule has 1 fully saturated rings. The highest BCUT2D eigenvalue weighted by molar-refractivity contribution is 5.99. The van der Waals surface area contributed by atoms with Crippen LogP contribution in [0.5, 0.6) is 5.75 Å². The van der Waals surface area contributed by atoms with Crippen LogP contribution in [0.15, 0.2) is 47.6 Å². The van der Waals surface area contributed by atoms with Gasteiger partial charge in [0.05, 0.1) is 31.6 Å². The van der Waals surface area contributed by atoms with Gasteiger partial charge in [0, 0.05) is 25.2 Å². The number of hydrogen-bond acceptors (Lipinski definition) is 7. The third-order valence-electron chi connectivity index (χ3n) is 5.26. The second kappa shape index (κ2) is 9.67. The molecule has 2 aromatic carbocycles. The molecule has 1 amide bonds. The summed E-state index contributed by atoms with van der Waals surface area (Å²) in [7, 11) is 1.67. The summed E-state index contributed by atoms with van der Waals surface area (Å²) >= 11 is 0. The molecule has 162 valence electrons. The second-order valence-electron chi connectivity index (χ2n) is 7.38. The monoisotopic (exact) mass is 422 g/mol. The minimum absolute atomic E-state index is 0.0438. The summed E-state index contributed by atoms with van der Waals surface area (Å²) in [6.45, 7) is 5.97. The molecule has 0 spiro atoms. The van der Waals surface area contributed by atoms with Crippen molar-refractivity contribution < 1.29 is 14.3 Å². The Morgan fingerprint density at radius 3 is 2.84 bits per heavy atom. The second-order valence-corrected chi connectivity index (χ2v) is 7.38. The van der Waals surface area contributed by atoms with Crippen LogP contribution in [0.3, 0.4) is 0 Å². The Bertz CT molecular complexity index is 1090. The predicted octanol–water partition coefficient (Wildman–Crippen LogP) is 1.81. The van der Waals surface area contributed by atoms with E-state index in [0.717, 1.165) is 60.8 Å². The van der Waals surface area contributed by atoms with Crippen molar-refractivity contribution in [3.63, 3.8) is 0 Å². The van der Waals surface area contributed by atoms with Gasteiger partial charge in [0.15, 0.2) is 0 Å². The van der Waals surface area contributed by atoms with Gasteiger partial charge >= 0.3 is 0 Å². The number of methoxy groups -OCH3 is 1. The lowest BCUT2D eigenvalue weighted by Crippen LogP contribution is -2.35. The summed E-state index contributed by atoms with van der Waals surface area (Å²) in [5, 5.41) is 12.4. The number of nitrogens with one attached hydrogen (secondary N) is 1. The fraction of sp³-hybridized carbons (Fsp3) is 0.364. The normalized spacial score (nSPS) is 15.2. The molecule has 31 heavy (non-hydrogen) atoms. The number of amides is 1. The Kier molecular flexibility index (Phi) is 6.54. The van der Waals surface area contributed by atoms with Gasteiger partial charge in [-0.25, -0.2) is 10.1 Å². The average Bonchev–Trinajstić information content (AvgIpc) is 3.21. The van der Waals surface area contributed by atoms with E-state index in [2.05, 4.69) is 31.8 Å². The number of nitrogens with zero attached hydrogens (tertiary/aromatic N) is 5. The van der Waals surface area contributed by atoms with E-state index in [4.69, 9.17) is 9.47 Å². The van der Waals surface area contributed by atoms with Gasteiger partial charge in [0.1, 0.15) is 17.8 Å². The number of ether oxygens (including phenoxy) is 2. The Labute approximate surface area is 180 Å². The molecule has 0 unspecified atom stereocenters. The number of aromatic nitrogens is 3. The SMILES string of the molecule is COc1ccc(/C(C)=N\NC(=O)Cn2nnc3ccccc32)cc1CN1CCOCC1. The van der Waals surface area contributed by atoms with Crippen molar-refractivity contribution in [3.05, 3.63) is 53.6 Å². The quantitative estimate of drug-likeness (QED) is 0.461. The fourth-order valence-corrected chi connectivity index (χ4v) is 3.54. The van der Waals surface area contributed by atoms with Crippen LogP contribution in [0.25, 0.3) is 11.0 Å². The molecule has 0 atom stereocenters. The molecule has 1 aliphatic rings. The number of benzene rings is 2. The zero-order valence-corrected chi connectivity index (χ0v) is 17.7. The molecule has 2 heterocycles. The van der Waals surface area contributed by atoms with Gasteiger partial charge < -0.3 is 9.47 Å². The molecule has 1 aliphatic heterocycles. The molecule has 4 rings (SSSR count). The van der Waals surface area contributed by atoms with Crippen LogP contribution in [-0.4, -0.2) is 64.9 Å². The molecule has 1 aromatic heterocycles. The first kappa shape index (κ1) is 21.0. The number of hydrazone groups is 1. The first-order valence-electron chi connectivity index (χ1n) is 10.2. The summed E-state index contributed by atoms with van der Waals surface area (Å²) in [5.74, 6) is 0.571. The molecular weight excluding hydrogens is 396 g/mol. The first-order chi connectivity index (χ1) is 15.1. The largest absolute Gasteiger partial charge is 0.496 e. The summed E-state index contributed by atoms with van der Waals surface area (Å²) < 4.78 is 12.5. The molecule has 9 nitrogen and oxygen atoms in total. The van der Waals surface area contributed by atoms with Gasteiger partial charge in [-0.2, -0.15) is 5.10 Å². The number of fused-ring (bicyclic) bond motifs is 1. The number of carbonyl (C=O) groups is 1. The van der Waals surface area contributed by atoms with Gasteiger partial charge in [-0.1, -0.05) is 17.3 Å². The van der Waals surface area contributed by atoms with E-state index in [1.807, 2.05) is 43.3 Å². The van der Waals surface area contributed by atoms with Crippen LogP contribution in [-0.2, 0) is 22.6 Å². The summed E-state index contributed by atoms with van der Waals surface area (Å²) in [4.78, 5) is 14.7. The number of carbonyl (C=O) groups excluding carboxylic acids is 1. The minimum Gasteiger partial charge on any atom is -0.496 e. The van der Waals surface area contributed by atoms with Crippen LogP contribution < -0.4 is 10.2 Å². The smallest absolute Gasteiger partial charge is 0.261 e. The molecule has 0 radical (unpaired) electrons. The first-order valence-corrected chi connectivity index (χ1v) is 10.2. The van der Waals surface area contributed by atoms with E-state index in [0.29, 0.717) is 5.71 Å². The molecular formula is C22H26N6O3. The van der Waals surface area contributed by atoms with Gasteiger partial charge in [-0.05, 0) is 42.8 Å². The van der Waals surface area contributed by atoms with Crippen molar-refractivity contribution in [1.29, 1.82) is 0 Å². The van der Waals surface area contributed by atoms with E-state index < -0.39 is 0 Å². The third kappa shape index (κ3) is 5.07. The average molecular weight is 422 g/mol. The Morgan fingerprint density at radius 1 is 1.23 bits per heavy atom. The van der Waals surface area contributed by atoms with Crippen molar-refractivity contribution in [1.82, 2.24) is 25.3 Å².